The summed E-state index contributed by atoms with van der Waals surface area (Å²) in [6, 6.07) is 0. The summed E-state index contributed by atoms with van der Waals surface area (Å²) in [5.74, 6) is 0. The zero-order valence-corrected chi connectivity index (χ0v) is 48.2. The van der Waals surface area contributed by atoms with Gasteiger partial charge in [0.05, 0.1) is 8.07 Å². The molecule has 0 radical (unpaired) electrons. The van der Waals surface area contributed by atoms with Crippen molar-refractivity contribution in [1.82, 2.24) is 0 Å². The van der Waals surface area contributed by atoms with Gasteiger partial charge in [-0.25, -0.2) is 0 Å². The number of hydrogen-bond donors (Lipinski definition) is 0. The van der Waals surface area contributed by atoms with E-state index in [1.807, 2.05) is 0 Å². The molecule has 0 spiro atoms. The van der Waals surface area contributed by atoms with Crippen molar-refractivity contribution < 1.29 is 49.4 Å². The summed E-state index contributed by atoms with van der Waals surface area (Å²) >= 11 is 0. The molecule has 7 saturated carbocycles. The summed E-state index contributed by atoms with van der Waals surface area (Å²) in [5.41, 5.74) is 1.84. The molecule has 1 atom stereocenters. The minimum absolute atomic E-state index is 0.0773. The van der Waals surface area contributed by atoms with Crippen LogP contribution in [0.15, 0.2) is 0 Å². The van der Waals surface area contributed by atoms with Crippen molar-refractivity contribution in [2.45, 2.75) is 263 Å². The van der Waals surface area contributed by atoms with Gasteiger partial charge in [-0.1, -0.05) is 123 Å². The van der Waals surface area contributed by atoms with Gasteiger partial charge in [-0.05, 0) is 95.4 Å². The molecule has 6 heterocycles. The van der Waals surface area contributed by atoms with Crippen LogP contribution in [-0.2, 0) is 49.4 Å². The Morgan fingerprint density at radius 3 is 0.683 bits per heavy atom. The minimum atomic E-state index is -3.94. The van der Waals surface area contributed by atoms with Crippen LogP contribution in [0.1, 0.15) is 200 Å². The van der Waals surface area contributed by atoms with E-state index in [0.29, 0.717) is 5.54 Å². The van der Waals surface area contributed by atoms with Crippen molar-refractivity contribution >= 4 is 78.5 Å². The van der Waals surface area contributed by atoms with Crippen molar-refractivity contribution in [1.29, 1.82) is 0 Å². The van der Waals surface area contributed by atoms with Crippen molar-refractivity contribution in [3.63, 3.8) is 0 Å². The van der Waals surface area contributed by atoms with Crippen LogP contribution in [0.5, 0.6) is 0 Å². The number of hydrogen-bond acceptors (Lipinski definition) is 12. The largest absolute Gasteiger partial charge is 0.482 e. The molecule has 12 nitrogen and oxygen atoms in total. The number of rotatable bonds is 11. The van der Waals surface area contributed by atoms with Gasteiger partial charge in [0, 0.05) is 44.5 Å². The molecule has 1 unspecified atom stereocenters. The van der Waals surface area contributed by atoms with Gasteiger partial charge in [0.15, 0.2) is 0 Å². The maximum Gasteiger partial charge on any atom is 0.482 e. The van der Waals surface area contributed by atoms with Crippen molar-refractivity contribution in [3.8, 4) is 0 Å². The van der Waals surface area contributed by atoms with Crippen LogP contribution in [-0.4, -0.2) is 78.5 Å². The van der Waals surface area contributed by atoms with Crippen LogP contribution >= 0.6 is 0 Å². The van der Waals surface area contributed by atoms with Crippen LogP contribution < -0.4 is 0 Å². The first kappa shape index (κ1) is 45.6. The smallest absolute Gasteiger partial charge is 0.373 e. The molecular weight excluding hydrogens is 949 g/mol. The highest BCUT2D eigenvalue weighted by Crippen LogP contribution is 2.66. The van der Waals surface area contributed by atoms with Crippen LogP contribution in [0.4, 0.5) is 0 Å². The van der Waals surface area contributed by atoms with Gasteiger partial charge in [-0.15, -0.1) is 0 Å². The molecule has 0 aromatic heterocycles. The Morgan fingerprint density at radius 1 is 0.333 bits per heavy atom. The van der Waals surface area contributed by atoms with Gasteiger partial charge in [0.2, 0.25) is 0 Å². The molecular formula is C42H80O12Si9. The molecule has 8 bridgehead atoms. The summed E-state index contributed by atoms with van der Waals surface area (Å²) < 4.78 is 103. The van der Waals surface area contributed by atoms with Crippen molar-refractivity contribution in [3.05, 3.63) is 0 Å². The fourth-order valence-corrected chi connectivity index (χ4v) is 79.1. The second-order valence-electron chi connectivity index (χ2n) is 23.5. The maximum absolute atomic E-state index is 8.57. The molecule has 21 heteroatoms. The zero-order chi connectivity index (χ0) is 42.8. The third-order valence-corrected chi connectivity index (χ3v) is 66.2. The molecule has 13 fully saturated rings. The van der Waals surface area contributed by atoms with E-state index in [1.165, 1.54) is 0 Å². The Balaban J connectivity index is 1.19. The van der Waals surface area contributed by atoms with Crippen LogP contribution in [0.25, 0.3) is 0 Å². The first-order valence-electron chi connectivity index (χ1n) is 26.8. The van der Waals surface area contributed by atoms with Gasteiger partial charge in [-0.3, -0.25) is 0 Å². The Kier molecular flexibility index (Phi) is 12.2. The lowest BCUT2D eigenvalue weighted by molar-refractivity contribution is -0.0449. The van der Waals surface area contributed by atoms with E-state index < -0.39 is 78.5 Å². The first-order chi connectivity index (χ1) is 30.4. The summed E-state index contributed by atoms with van der Waals surface area (Å²) in [6.45, 7) is 9.92. The average Bonchev–Trinajstić information content (AvgIpc) is 4.08. The molecule has 356 valence electrons. The molecule has 0 amide bonds. The average molecular weight is 1030 g/mol. The third kappa shape index (κ3) is 7.53. The Bertz CT molecular complexity index is 1500. The van der Waals surface area contributed by atoms with Crippen molar-refractivity contribution in [2.24, 2.45) is 0 Å². The van der Waals surface area contributed by atoms with E-state index >= 15 is 0 Å². The predicted octanol–water partition coefficient (Wildman–Crippen LogP) is 12.4. The topological polar surface area (TPSA) is 111 Å². The van der Waals surface area contributed by atoms with Gasteiger partial charge in [0.25, 0.3) is 0 Å². The Hall–Kier alpha value is 1.47. The highest BCUT2D eigenvalue weighted by molar-refractivity contribution is 7.06. The molecule has 63 heavy (non-hydrogen) atoms. The lowest BCUT2D eigenvalue weighted by Gasteiger charge is -2.67. The second kappa shape index (κ2) is 16.8. The van der Waals surface area contributed by atoms with Crippen LogP contribution in [0.2, 0.25) is 63.1 Å². The molecule has 6 aliphatic heterocycles. The van der Waals surface area contributed by atoms with E-state index in [9.17, 15) is 0 Å². The van der Waals surface area contributed by atoms with E-state index in [-0.39, 0.29) is 38.8 Å². The molecule has 0 N–H and O–H groups in total. The standard InChI is InChI=1S/C42H80O12Si9/c1-5-35(2)55(3,4)34-56-43-57(36-20-6-7-21-36)46-60(39-26-12-13-27-39)48-58(44-56,37-22-8-9-23-37)50-62(41-30-16-17-31-41)51-59(45-56,38-24-10-11-25-38)49-61(47-57,40-28-14-15-29-40)53-63(52-60,54-62)42-32-18-19-33-42/h35-42H,5-34H2,1-4H3. The minimum Gasteiger partial charge on any atom is -0.373 e. The van der Waals surface area contributed by atoms with Crippen LogP contribution in [0.3, 0.4) is 0 Å². The normalized spacial score (nSPS) is 47.8. The summed E-state index contributed by atoms with van der Waals surface area (Å²) in [7, 11) is -33.4. The van der Waals surface area contributed by atoms with E-state index in [4.69, 9.17) is 49.4 Å². The fourth-order valence-electron chi connectivity index (χ4n) is 15.0. The van der Waals surface area contributed by atoms with Gasteiger partial charge >= 0.3 is 70.4 Å². The maximum atomic E-state index is 8.57. The quantitative estimate of drug-likeness (QED) is 0.184. The van der Waals surface area contributed by atoms with Gasteiger partial charge in [0.1, 0.15) is 0 Å². The third-order valence-electron chi connectivity index (χ3n) is 19.1. The van der Waals surface area contributed by atoms with Gasteiger partial charge < -0.3 is 49.4 Å². The highest BCUT2D eigenvalue weighted by Gasteiger charge is 2.88. The van der Waals surface area contributed by atoms with E-state index in [0.717, 1.165) is 192 Å². The SMILES string of the molecule is CCC(C)[Si](C)(C)C[Si]12O[Si]3(C4CCCC4)O[Si]4(C5CCCC5)O[Si](C5CCCC5)(O1)O[Si]1(C5CCCC5)O[Si](C5CCCC5)(O2)O[Si](C2CCCC2)(O3)O[Si](C2CCCC2)(O4)O1. The zero-order valence-electron chi connectivity index (χ0n) is 39.2. The highest BCUT2D eigenvalue weighted by atomic mass is 28.6. The lowest BCUT2D eigenvalue weighted by atomic mass is 10.4. The Morgan fingerprint density at radius 2 is 0.508 bits per heavy atom. The summed E-state index contributed by atoms with van der Waals surface area (Å²) in [4.78, 5) is 0. The summed E-state index contributed by atoms with van der Waals surface area (Å²) in [5, 5.41) is 0. The second-order valence-corrected chi connectivity index (χ2v) is 55.2. The van der Waals surface area contributed by atoms with Gasteiger partial charge in [-0.2, -0.15) is 0 Å². The molecule has 13 rings (SSSR count). The van der Waals surface area contributed by atoms with Crippen LogP contribution in [0, 0.1) is 0 Å². The van der Waals surface area contributed by atoms with Crippen molar-refractivity contribution in [2.75, 3.05) is 0 Å². The first-order valence-corrected chi connectivity index (χ1v) is 44.7. The molecule has 7 aliphatic carbocycles. The molecule has 0 aromatic carbocycles. The fraction of sp³-hybridized carbons (Fsp3) is 1.00. The summed E-state index contributed by atoms with van der Waals surface area (Å²) in [6.07, 6.45) is 30.9. The predicted molar refractivity (Wildman–Crippen MR) is 257 cm³/mol. The molecule has 0 aromatic rings. The van der Waals surface area contributed by atoms with E-state index in [2.05, 4.69) is 26.9 Å². The Labute approximate surface area is 388 Å². The monoisotopic (exact) mass is 1030 g/mol. The van der Waals surface area contributed by atoms with E-state index in [1.54, 1.807) is 0 Å². The molecule has 6 saturated heterocycles. The molecule has 13 aliphatic rings. The lowest BCUT2D eigenvalue weighted by Crippen LogP contribution is -2.91.